The first-order valence-electron chi connectivity index (χ1n) is 6.60. The number of aromatic nitrogens is 2. The summed E-state index contributed by atoms with van der Waals surface area (Å²) in [5, 5.41) is 11.5. The largest absolute Gasteiger partial charge is 0.438 e. The predicted octanol–water partition coefficient (Wildman–Crippen LogP) is 3.78. The molecule has 1 heterocycles. The molecule has 0 aliphatic carbocycles. The summed E-state index contributed by atoms with van der Waals surface area (Å²) < 4.78 is 6.63. The van der Waals surface area contributed by atoms with Crippen LogP contribution in [0.1, 0.15) is 19.5 Å². The van der Waals surface area contributed by atoms with E-state index in [1.54, 1.807) is 0 Å². The Bertz CT molecular complexity index is 526. The van der Waals surface area contributed by atoms with Crippen molar-refractivity contribution >= 4 is 15.9 Å². The van der Waals surface area contributed by atoms with E-state index in [4.69, 9.17) is 4.74 Å². The Morgan fingerprint density at radius 2 is 1.85 bits per heavy atom. The van der Waals surface area contributed by atoms with Crippen LogP contribution in [0.15, 0.2) is 40.9 Å². The van der Waals surface area contributed by atoms with Gasteiger partial charge < -0.3 is 10.1 Å². The Balaban J connectivity index is 1.89. The highest BCUT2D eigenvalue weighted by atomic mass is 79.9. The molecule has 1 aromatic heterocycles. The summed E-state index contributed by atoms with van der Waals surface area (Å²) in [6, 6.07) is 11.4. The van der Waals surface area contributed by atoms with Gasteiger partial charge in [-0.3, -0.25) is 0 Å². The van der Waals surface area contributed by atoms with E-state index in [2.05, 4.69) is 45.3 Å². The average Bonchev–Trinajstić information content (AvgIpc) is 2.43. The molecule has 0 fully saturated rings. The predicted molar refractivity (Wildman–Crippen MR) is 82.8 cm³/mol. The summed E-state index contributed by atoms with van der Waals surface area (Å²) in [5.41, 5.74) is 0.911. The van der Waals surface area contributed by atoms with Crippen LogP contribution in [-0.2, 0) is 6.54 Å². The maximum Gasteiger partial charge on any atom is 0.238 e. The normalized spacial score (nSPS) is 10.8. The first-order chi connectivity index (χ1) is 9.63. The van der Waals surface area contributed by atoms with Crippen LogP contribution >= 0.6 is 15.9 Å². The van der Waals surface area contributed by atoms with Gasteiger partial charge in [0, 0.05) is 17.1 Å². The van der Waals surface area contributed by atoms with Crippen molar-refractivity contribution in [2.24, 2.45) is 5.92 Å². The maximum atomic E-state index is 5.62. The van der Waals surface area contributed by atoms with Crippen LogP contribution < -0.4 is 10.1 Å². The molecule has 0 amide bonds. The van der Waals surface area contributed by atoms with E-state index in [-0.39, 0.29) is 0 Å². The third-order valence-corrected chi connectivity index (χ3v) is 3.12. The van der Waals surface area contributed by atoms with Crippen molar-refractivity contribution < 1.29 is 4.74 Å². The minimum atomic E-state index is 0.500. The standard InChI is InChI=1S/C15H18BrN3O/c1-11(2)9-17-10-13-5-8-15(19-18-13)20-14-6-3-12(16)4-7-14/h3-8,11,17H,9-10H2,1-2H3. The van der Waals surface area contributed by atoms with Gasteiger partial charge in [-0.1, -0.05) is 29.8 Å². The zero-order chi connectivity index (χ0) is 14.4. The van der Waals surface area contributed by atoms with Crippen molar-refractivity contribution in [1.82, 2.24) is 15.5 Å². The second-order valence-corrected chi connectivity index (χ2v) is 5.86. The van der Waals surface area contributed by atoms with Crippen LogP contribution in [0.5, 0.6) is 11.6 Å². The van der Waals surface area contributed by atoms with E-state index < -0.39 is 0 Å². The van der Waals surface area contributed by atoms with Crippen LogP contribution in [0.4, 0.5) is 0 Å². The van der Waals surface area contributed by atoms with E-state index in [1.807, 2.05) is 36.4 Å². The Labute approximate surface area is 127 Å². The molecule has 0 aliphatic rings. The van der Waals surface area contributed by atoms with Crippen LogP contribution in [-0.4, -0.2) is 16.7 Å². The number of hydrogen-bond acceptors (Lipinski definition) is 4. The molecule has 106 valence electrons. The van der Waals surface area contributed by atoms with Crippen molar-refractivity contribution in [3.8, 4) is 11.6 Å². The van der Waals surface area contributed by atoms with Gasteiger partial charge in [-0.15, -0.1) is 5.10 Å². The highest BCUT2D eigenvalue weighted by Crippen LogP contribution is 2.21. The lowest BCUT2D eigenvalue weighted by Gasteiger charge is -2.07. The molecule has 1 aromatic carbocycles. The fraction of sp³-hybridized carbons (Fsp3) is 0.333. The van der Waals surface area contributed by atoms with Crippen molar-refractivity contribution in [2.75, 3.05) is 6.54 Å². The molecule has 0 spiro atoms. The SMILES string of the molecule is CC(C)CNCc1ccc(Oc2ccc(Br)cc2)nn1. The molecule has 0 atom stereocenters. The van der Waals surface area contributed by atoms with E-state index in [0.29, 0.717) is 11.8 Å². The Hall–Kier alpha value is -1.46. The summed E-state index contributed by atoms with van der Waals surface area (Å²) in [4.78, 5) is 0. The minimum Gasteiger partial charge on any atom is -0.438 e. The third kappa shape index (κ3) is 4.90. The van der Waals surface area contributed by atoms with Crippen LogP contribution in [0.2, 0.25) is 0 Å². The molecular formula is C15H18BrN3O. The molecule has 20 heavy (non-hydrogen) atoms. The Morgan fingerprint density at radius 1 is 1.10 bits per heavy atom. The van der Waals surface area contributed by atoms with Crippen molar-refractivity contribution in [3.63, 3.8) is 0 Å². The van der Waals surface area contributed by atoms with Crippen molar-refractivity contribution in [2.45, 2.75) is 20.4 Å². The van der Waals surface area contributed by atoms with Gasteiger partial charge >= 0.3 is 0 Å². The van der Waals surface area contributed by atoms with Crippen LogP contribution in [0.25, 0.3) is 0 Å². The highest BCUT2D eigenvalue weighted by Gasteiger charge is 2.01. The van der Waals surface area contributed by atoms with Crippen molar-refractivity contribution in [3.05, 3.63) is 46.6 Å². The lowest BCUT2D eigenvalue weighted by atomic mass is 10.2. The first kappa shape index (κ1) is 14.9. The number of nitrogens with zero attached hydrogens (tertiary/aromatic N) is 2. The van der Waals surface area contributed by atoms with E-state index in [9.17, 15) is 0 Å². The lowest BCUT2D eigenvalue weighted by Crippen LogP contribution is -2.19. The minimum absolute atomic E-state index is 0.500. The molecule has 0 unspecified atom stereocenters. The molecule has 0 saturated carbocycles. The number of benzene rings is 1. The van der Waals surface area contributed by atoms with Gasteiger partial charge in [-0.2, -0.15) is 5.10 Å². The highest BCUT2D eigenvalue weighted by molar-refractivity contribution is 9.10. The molecule has 2 rings (SSSR count). The first-order valence-corrected chi connectivity index (χ1v) is 7.39. The number of rotatable bonds is 6. The molecule has 0 radical (unpaired) electrons. The number of halogens is 1. The van der Waals surface area contributed by atoms with Gasteiger partial charge in [-0.25, -0.2) is 0 Å². The maximum absolute atomic E-state index is 5.62. The zero-order valence-corrected chi connectivity index (χ0v) is 13.2. The second-order valence-electron chi connectivity index (χ2n) is 4.94. The van der Waals surface area contributed by atoms with Crippen LogP contribution in [0.3, 0.4) is 0 Å². The van der Waals surface area contributed by atoms with Gasteiger partial charge in [0.1, 0.15) is 5.75 Å². The fourth-order valence-electron chi connectivity index (χ4n) is 1.61. The third-order valence-electron chi connectivity index (χ3n) is 2.59. The van der Waals surface area contributed by atoms with Gasteiger partial charge in [0.15, 0.2) is 0 Å². The quantitative estimate of drug-likeness (QED) is 0.872. The Kier molecular flexibility index (Phi) is 5.49. The van der Waals surface area contributed by atoms with Crippen LogP contribution in [0, 0.1) is 5.92 Å². The molecule has 0 aliphatic heterocycles. The fourth-order valence-corrected chi connectivity index (χ4v) is 1.87. The van der Waals surface area contributed by atoms with Crippen molar-refractivity contribution in [1.29, 1.82) is 0 Å². The van der Waals surface area contributed by atoms with Gasteiger partial charge in [0.05, 0.1) is 5.69 Å². The smallest absolute Gasteiger partial charge is 0.238 e. The molecule has 2 aromatic rings. The monoisotopic (exact) mass is 335 g/mol. The average molecular weight is 336 g/mol. The number of hydrogen-bond donors (Lipinski definition) is 1. The molecule has 1 N–H and O–H groups in total. The summed E-state index contributed by atoms with van der Waals surface area (Å²) in [6.45, 7) is 6.05. The number of nitrogens with one attached hydrogen (secondary N) is 1. The Morgan fingerprint density at radius 3 is 2.45 bits per heavy atom. The van der Waals surface area contributed by atoms with Gasteiger partial charge in [0.25, 0.3) is 0 Å². The van der Waals surface area contributed by atoms with Gasteiger partial charge in [0.2, 0.25) is 5.88 Å². The zero-order valence-electron chi connectivity index (χ0n) is 11.6. The van der Waals surface area contributed by atoms with E-state index in [1.165, 1.54) is 0 Å². The summed E-state index contributed by atoms with van der Waals surface area (Å²) >= 11 is 3.38. The lowest BCUT2D eigenvalue weighted by molar-refractivity contribution is 0.452. The molecule has 4 nitrogen and oxygen atoms in total. The molecule has 0 saturated heterocycles. The molecule has 0 bridgehead atoms. The topological polar surface area (TPSA) is 47.0 Å². The summed E-state index contributed by atoms with van der Waals surface area (Å²) in [5.74, 6) is 1.87. The molecule has 5 heteroatoms. The van der Waals surface area contributed by atoms with E-state index >= 15 is 0 Å². The summed E-state index contributed by atoms with van der Waals surface area (Å²) in [7, 11) is 0. The molecular weight excluding hydrogens is 318 g/mol. The van der Waals surface area contributed by atoms with Gasteiger partial charge in [-0.05, 0) is 42.8 Å². The summed E-state index contributed by atoms with van der Waals surface area (Å²) in [6.07, 6.45) is 0. The van der Waals surface area contributed by atoms with E-state index in [0.717, 1.165) is 29.0 Å². The number of ether oxygens (including phenoxy) is 1. The second kappa shape index (κ2) is 7.36.